The van der Waals surface area contributed by atoms with Crippen LogP contribution in [0.25, 0.3) is 6.08 Å². The largest absolute Gasteiger partial charge is 0.507 e. The van der Waals surface area contributed by atoms with Crippen LogP contribution in [0, 0.1) is 0 Å². The van der Waals surface area contributed by atoms with Gasteiger partial charge in [0.05, 0.1) is 4.91 Å². The standard InChI is InChI=1S/C23H37NO3S/c1-17(28(26,27)24-12-10-8-9-11-13-24)14-18-15-19(22(2,3)4)21(25)20(16-18)23(5,6)7/h14-16,25H,8-13H2,1-7H3/b17-14+. The molecule has 4 nitrogen and oxygen atoms in total. The molecule has 0 amide bonds. The molecule has 158 valence electrons. The Bertz CT molecular complexity index is 797. The first-order chi connectivity index (χ1) is 12.7. The van der Waals surface area contributed by atoms with Crippen molar-refractivity contribution >= 4 is 16.1 Å². The molecule has 1 aliphatic rings. The summed E-state index contributed by atoms with van der Waals surface area (Å²) in [6.45, 7) is 15.2. The van der Waals surface area contributed by atoms with Crippen molar-refractivity contribution in [3.63, 3.8) is 0 Å². The molecule has 1 heterocycles. The van der Waals surface area contributed by atoms with Crippen molar-refractivity contribution in [2.75, 3.05) is 13.1 Å². The molecule has 1 aromatic rings. The van der Waals surface area contributed by atoms with Gasteiger partial charge < -0.3 is 5.11 Å². The number of benzene rings is 1. The van der Waals surface area contributed by atoms with E-state index in [1.54, 1.807) is 17.3 Å². The van der Waals surface area contributed by atoms with Crippen LogP contribution >= 0.6 is 0 Å². The van der Waals surface area contributed by atoms with Crippen LogP contribution in [0.2, 0.25) is 0 Å². The molecule has 0 aliphatic carbocycles. The van der Waals surface area contributed by atoms with Crippen molar-refractivity contribution in [2.45, 2.75) is 85.0 Å². The Kier molecular flexibility index (Phi) is 6.72. The van der Waals surface area contributed by atoms with Gasteiger partial charge in [-0.3, -0.25) is 0 Å². The van der Waals surface area contributed by atoms with Crippen LogP contribution in [0.4, 0.5) is 0 Å². The fraction of sp³-hybridized carbons (Fsp3) is 0.652. The highest BCUT2D eigenvalue weighted by molar-refractivity contribution is 7.93. The third kappa shape index (κ3) is 5.18. The Hall–Kier alpha value is -1.33. The van der Waals surface area contributed by atoms with E-state index in [-0.39, 0.29) is 10.8 Å². The molecule has 1 fully saturated rings. The van der Waals surface area contributed by atoms with Crippen LogP contribution in [-0.2, 0) is 20.9 Å². The second-order valence-corrected chi connectivity index (χ2v) is 12.1. The highest BCUT2D eigenvalue weighted by Crippen LogP contribution is 2.40. The molecular formula is C23H37NO3S. The number of aromatic hydroxyl groups is 1. The van der Waals surface area contributed by atoms with E-state index in [0.29, 0.717) is 23.7 Å². The fourth-order valence-corrected chi connectivity index (χ4v) is 5.11. The highest BCUT2D eigenvalue weighted by Gasteiger charge is 2.28. The van der Waals surface area contributed by atoms with Gasteiger partial charge in [-0.1, -0.05) is 54.4 Å². The summed E-state index contributed by atoms with van der Waals surface area (Å²) in [5.74, 6) is 0.310. The van der Waals surface area contributed by atoms with Crippen LogP contribution in [0.1, 0.15) is 90.8 Å². The molecule has 2 rings (SSSR count). The molecule has 0 bridgehead atoms. The molecule has 0 saturated carbocycles. The van der Waals surface area contributed by atoms with Gasteiger partial charge >= 0.3 is 0 Å². The van der Waals surface area contributed by atoms with Crippen LogP contribution in [0.3, 0.4) is 0 Å². The van der Waals surface area contributed by atoms with E-state index in [1.165, 1.54) is 0 Å². The van der Waals surface area contributed by atoms with Crippen LogP contribution in [0.5, 0.6) is 5.75 Å². The minimum Gasteiger partial charge on any atom is -0.507 e. The average molecular weight is 408 g/mol. The quantitative estimate of drug-likeness (QED) is 0.714. The number of allylic oxidation sites excluding steroid dienone is 1. The number of rotatable bonds is 3. The van der Waals surface area contributed by atoms with Crippen molar-refractivity contribution < 1.29 is 13.5 Å². The van der Waals surface area contributed by atoms with E-state index in [0.717, 1.165) is 42.4 Å². The smallest absolute Gasteiger partial charge is 0.238 e. The summed E-state index contributed by atoms with van der Waals surface area (Å²) in [5.41, 5.74) is 2.01. The number of hydrogen-bond acceptors (Lipinski definition) is 3. The molecule has 1 saturated heterocycles. The van der Waals surface area contributed by atoms with Crippen LogP contribution in [-0.4, -0.2) is 30.9 Å². The molecule has 1 aliphatic heterocycles. The summed E-state index contributed by atoms with van der Waals surface area (Å²) in [6.07, 6.45) is 5.79. The summed E-state index contributed by atoms with van der Waals surface area (Å²) in [5, 5.41) is 10.9. The summed E-state index contributed by atoms with van der Waals surface area (Å²) < 4.78 is 27.8. The molecule has 5 heteroatoms. The number of sulfonamides is 1. The SMILES string of the molecule is C/C(=C\c1cc(C(C)(C)C)c(O)c(C(C)(C)C)c1)S(=O)(=O)N1CCCCCC1. The van der Waals surface area contributed by atoms with Gasteiger partial charge in [0, 0.05) is 24.2 Å². The normalized spacial score (nSPS) is 18.2. The molecule has 0 atom stereocenters. The topological polar surface area (TPSA) is 57.6 Å². The summed E-state index contributed by atoms with van der Waals surface area (Å²) in [6, 6.07) is 3.85. The van der Waals surface area contributed by atoms with Crippen molar-refractivity contribution in [1.82, 2.24) is 4.31 Å². The lowest BCUT2D eigenvalue weighted by Crippen LogP contribution is -2.32. The molecule has 0 unspecified atom stereocenters. The van der Waals surface area contributed by atoms with Gasteiger partial charge in [0.15, 0.2) is 0 Å². The summed E-state index contributed by atoms with van der Waals surface area (Å²) >= 11 is 0. The molecular weight excluding hydrogens is 370 g/mol. The van der Waals surface area contributed by atoms with E-state index in [2.05, 4.69) is 41.5 Å². The van der Waals surface area contributed by atoms with Crippen molar-refractivity contribution in [3.8, 4) is 5.75 Å². The molecule has 1 aromatic carbocycles. The van der Waals surface area contributed by atoms with Gasteiger partial charge in [-0.25, -0.2) is 8.42 Å². The second-order valence-electron chi connectivity index (χ2n) is 10.0. The Morgan fingerprint density at radius 3 is 1.75 bits per heavy atom. The lowest BCUT2D eigenvalue weighted by atomic mass is 9.78. The summed E-state index contributed by atoms with van der Waals surface area (Å²) in [7, 11) is -3.46. The lowest BCUT2D eigenvalue weighted by Gasteiger charge is -2.28. The Morgan fingerprint density at radius 2 is 1.36 bits per heavy atom. The van der Waals surface area contributed by atoms with E-state index >= 15 is 0 Å². The molecule has 0 spiro atoms. The number of phenols is 1. The highest BCUT2D eigenvalue weighted by atomic mass is 32.2. The van der Waals surface area contributed by atoms with Crippen molar-refractivity contribution in [1.29, 1.82) is 0 Å². The first-order valence-corrected chi connectivity index (χ1v) is 11.7. The predicted molar refractivity (Wildman–Crippen MR) is 118 cm³/mol. The average Bonchev–Trinajstić information content (AvgIpc) is 2.83. The first kappa shape index (κ1) is 23.0. The third-order valence-electron chi connectivity index (χ3n) is 5.43. The summed E-state index contributed by atoms with van der Waals surface area (Å²) in [4.78, 5) is 0.361. The number of nitrogens with zero attached hydrogens (tertiary/aromatic N) is 1. The van der Waals surface area contributed by atoms with E-state index in [9.17, 15) is 13.5 Å². The molecule has 0 radical (unpaired) electrons. The lowest BCUT2D eigenvalue weighted by molar-refractivity contribution is 0.423. The zero-order valence-electron chi connectivity index (χ0n) is 18.6. The maximum absolute atomic E-state index is 13.1. The number of hydrogen-bond donors (Lipinski definition) is 1. The van der Waals surface area contributed by atoms with Gasteiger partial charge in [-0.2, -0.15) is 4.31 Å². The maximum Gasteiger partial charge on any atom is 0.238 e. The van der Waals surface area contributed by atoms with E-state index < -0.39 is 10.0 Å². The van der Waals surface area contributed by atoms with Crippen LogP contribution < -0.4 is 0 Å². The minimum atomic E-state index is -3.46. The zero-order chi connectivity index (χ0) is 21.3. The fourth-order valence-electron chi connectivity index (χ4n) is 3.68. The first-order valence-electron chi connectivity index (χ1n) is 10.3. The third-order valence-corrected chi connectivity index (χ3v) is 7.41. The molecule has 28 heavy (non-hydrogen) atoms. The molecule has 0 aromatic heterocycles. The van der Waals surface area contributed by atoms with Gasteiger partial charge in [0.1, 0.15) is 5.75 Å². The van der Waals surface area contributed by atoms with Crippen LogP contribution in [0.15, 0.2) is 17.0 Å². The van der Waals surface area contributed by atoms with Crippen molar-refractivity contribution in [2.24, 2.45) is 0 Å². The Labute approximate surface area is 171 Å². The second kappa shape index (κ2) is 8.19. The maximum atomic E-state index is 13.1. The Morgan fingerprint density at radius 1 is 0.929 bits per heavy atom. The van der Waals surface area contributed by atoms with Crippen molar-refractivity contribution in [3.05, 3.63) is 33.7 Å². The monoisotopic (exact) mass is 407 g/mol. The van der Waals surface area contributed by atoms with Gasteiger partial charge in [-0.15, -0.1) is 0 Å². The van der Waals surface area contributed by atoms with Gasteiger partial charge in [0.2, 0.25) is 10.0 Å². The van der Waals surface area contributed by atoms with E-state index in [4.69, 9.17) is 0 Å². The Balaban J connectivity index is 2.54. The number of phenolic OH excluding ortho intramolecular Hbond substituents is 1. The van der Waals surface area contributed by atoms with Gasteiger partial charge in [-0.05, 0) is 54.4 Å². The van der Waals surface area contributed by atoms with Gasteiger partial charge in [0.25, 0.3) is 0 Å². The predicted octanol–water partition coefficient (Wildman–Crippen LogP) is 5.55. The van der Waals surface area contributed by atoms with E-state index in [1.807, 2.05) is 12.1 Å². The zero-order valence-corrected chi connectivity index (χ0v) is 19.4. The minimum absolute atomic E-state index is 0.245. The molecule has 1 N–H and O–H groups in total.